The number of hydrogen-bond donors (Lipinski definition) is 1. The molecule has 0 radical (unpaired) electrons. The van der Waals surface area contributed by atoms with Crippen LogP contribution in [0.25, 0.3) is 0 Å². The average Bonchev–Trinajstić information content (AvgIpc) is 2.44. The van der Waals surface area contributed by atoms with E-state index >= 15 is 0 Å². The molecule has 1 atom stereocenters. The first-order chi connectivity index (χ1) is 9.82. The number of aryl methyl sites for hydroxylation is 1. The summed E-state index contributed by atoms with van der Waals surface area (Å²) in [5.74, 6) is 5.90. The maximum atomic E-state index is 12.7. The molecule has 5 heteroatoms. The van der Waals surface area contributed by atoms with Crippen LogP contribution < -0.4 is 5.73 Å². The van der Waals surface area contributed by atoms with Gasteiger partial charge in [0.2, 0.25) is 10.0 Å². The Bertz CT molecular complexity index is 642. The summed E-state index contributed by atoms with van der Waals surface area (Å²) in [5.41, 5.74) is 6.87. The zero-order valence-electron chi connectivity index (χ0n) is 13.2. The van der Waals surface area contributed by atoms with E-state index in [1.807, 2.05) is 13.8 Å². The molecule has 21 heavy (non-hydrogen) atoms. The fraction of sp³-hybridized carbons (Fsp3) is 0.500. The van der Waals surface area contributed by atoms with Crippen LogP contribution in [0.2, 0.25) is 0 Å². The van der Waals surface area contributed by atoms with Gasteiger partial charge in [-0.05, 0) is 30.5 Å². The average molecular weight is 308 g/mol. The minimum Gasteiger partial charge on any atom is -0.320 e. The Kier molecular flexibility index (Phi) is 6.41. The van der Waals surface area contributed by atoms with Crippen molar-refractivity contribution in [2.75, 3.05) is 20.1 Å². The monoisotopic (exact) mass is 308 g/mol. The van der Waals surface area contributed by atoms with Gasteiger partial charge in [0, 0.05) is 19.2 Å². The maximum absolute atomic E-state index is 12.7. The van der Waals surface area contributed by atoms with Crippen LogP contribution in [-0.2, 0) is 10.0 Å². The van der Waals surface area contributed by atoms with Crippen molar-refractivity contribution >= 4 is 10.0 Å². The minimum absolute atomic E-state index is 0.205. The molecule has 1 aromatic rings. The van der Waals surface area contributed by atoms with Gasteiger partial charge in [0.05, 0.1) is 11.4 Å². The fourth-order valence-electron chi connectivity index (χ4n) is 1.95. The number of nitrogens with two attached hydrogens (primary N) is 1. The molecule has 4 nitrogen and oxygen atoms in total. The highest BCUT2D eigenvalue weighted by Gasteiger charge is 2.24. The lowest BCUT2D eigenvalue weighted by Gasteiger charge is -2.21. The van der Waals surface area contributed by atoms with Gasteiger partial charge in [0.15, 0.2) is 0 Å². The maximum Gasteiger partial charge on any atom is 0.244 e. The number of nitrogens with zero attached hydrogens (tertiary/aromatic N) is 1. The number of sulfonamides is 1. The molecule has 1 aromatic carbocycles. The molecule has 116 valence electrons. The lowest BCUT2D eigenvalue weighted by Crippen LogP contribution is -2.31. The van der Waals surface area contributed by atoms with Crippen molar-refractivity contribution in [3.05, 3.63) is 29.3 Å². The summed E-state index contributed by atoms with van der Waals surface area (Å²) in [6, 6.07) is 5.20. The molecule has 1 unspecified atom stereocenters. The predicted octanol–water partition coefficient (Wildman–Crippen LogP) is 1.97. The Hall–Kier alpha value is -1.35. The zero-order chi connectivity index (χ0) is 16.0. The Morgan fingerprint density at radius 2 is 2.05 bits per heavy atom. The van der Waals surface area contributed by atoms with Crippen LogP contribution >= 0.6 is 0 Å². The van der Waals surface area contributed by atoms with Crippen molar-refractivity contribution in [3.63, 3.8) is 0 Å². The first kappa shape index (κ1) is 17.7. The number of benzene rings is 1. The van der Waals surface area contributed by atoms with Gasteiger partial charge in [-0.1, -0.05) is 38.2 Å². The van der Waals surface area contributed by atoms with Crippen LogP contribution in [0.4, 0.5) is 0 Å². The normalized spacial score (nSPS) is 12.9. The largest absolute Gasteiger partial charge is 0.320 e. The second-order valence-electron chi connectivity index (χ2n) is 5.30. The Labute approximate surface area is 128 Å². The minimum atomic E-state index is -3.53. The van der Waals surface area contributed by atoms with Gasteiger partial charge in [-0.15, -0.1) is 0 Å². The van der Waals surface area contributed by atoms with E-state index < -0.39 is 10.0 Å². The predicted molar refractivity (Wildman–Crippen MR) is 86.4 cm³/mol. The quantitative estimate of drug-likeness (QED) is 0.846. The van der Waals surface area contributed by atoms with Crippen molar-refractivity contribution in [2.45, 2.75) is 32.1 Å². The molecule has 1 rings (SSSR count). The molecule has 0 aromatic heterocycles. The summed E-state index contributed by atoms with van der Waals surface area (Å²) in [6.45, 7) is 6.70. The zero-order valence-corrected chi connectivity index (χ0v) is 14.0. The molecule has 2 N–H and O–H groups in total. The lowest BCUT2D eigenvalue weighted by molar-refractivity contribution is 0.393. The van der Waals surface area contributed by atoms with Crippen LogP contribution in [-0.4, -0.2) is 32.9 Å². The number of hydrogen-bond acceptors (Lipinski definition) is 3. The van der Waals surface area contributed by atoms with Crippen LogP contribution in [0.5, 0.6) is 0 Å². The third-order valence-corrected chi connectivity index (χ3v) is 5.30. The molecule has 0 aliphatic carbocycles. The van der Waals surface area contributed by atoms with Crippen LogP contribution in [0.1, 0.15) is 31.4 Å². The fourth-order valence-corrected chi connectivity index (χ4v) is 3.36. The van der Waals surface area contributed by atoms with E-state index in [1.54, 1.807) is 25.2 Å². The Morgan fingerprint density at radius 1 is 1.38 bits per heavy atom. The summed E-state index contributed by atoms with van der Waals surface area (Å²) in [7, 11) is -1.92. The van der Waals surface area contributed by atoms with Gasteiger partial charge in [-0.2, -0.15) is 0 Å². The van der Waals surface area contributed by atoms with Crippen LogP contribution in [0, 0.1) is 24.7 Å². The number of rotatable bonds is 5. The molecule has 0 saturated heterocycles. The third-order valence-electron chi connectivity index (χ3n) is 3.41. The van der Waals surface area contributed by atoms with E-state index in [1.165, 1.54) is 4.31 Å². The first-order valence-electron chi connectivity index (χ1n) is 7.08. The van der Waals surface area contributed by atoms with E-state index in [2.05, 4.69) is 18.8 Å². The molecule has 0 heterocycles. The summed E-state index contributed by atoms with van der Waals surface area (Å²) in [5, 5.41) is 0. The highest BCUT2D eigenvalue weighted by molar-refractivity contribution is 7.89. The van der Waals surface area contributed by atoms with Gasteiger partial charge >= 0.3 is 0 Å². The molecular weight excluding hydrogens is 284 g/mol. The molecule has 0 fully saturated rings. The summed E-state index contributed by atoms with van der Waals surface area (Å²) >= 11 is 0. The second-order valence-corrected chi connectivity index (χ2v) is 7.32. The molecule has 0 saturated carbocycles. The van der Waals surface area contributed by atoms with E-state index in [-0.39, 0.29) is 11.4 Å². The van der Waals surface area contributed by atoms with E-state index in [0.717, 1.165) is 12.0 Å². The van der Waals surface area contributed by atoms with Crippen molar-refractivity contribution in [3.8, 4) is 11.8 Å². The summed E-state index contributed by atoms with van der Waals surface area (Å²) < 4.78 is 26.8. The van der Waals surface area contributed by atoms with Crippen molar-refractivity contribution in [1.82, 2.24) is 4.31 Å². The van der Waals surface area contributed by atoms with Gasteiger partial charge in [-0.3, -0.25) is 0 Å². The standard InChI is InChI=1S/C16H24N2O2S/c1-5-13(2)12-18(4)21(19,20)16-9-8-14(3)11-15(16)7-6-10-17/h8-9,11,13H,5,10,12,17H2,1-4H3. The van der Waals surface area contributed by atoms with Crippen molar-refractivity contribution in [1.29, 1.82) is 0 Å². The van der Waals surface area contributed by atoms with Gasteiger partial charge in [0.25, 0.3) is 0 Å². The summed E-state index contributed by atoms with van der Waals surface area (Å²) in [6.07, 6.45) is 0.938. The van der Waals surface area contributed by atoms with Crippen molar-refractivity contribution < 1.29 is 8.42 Å². The Morgan fingerprint density at radius 3 is 2.62 bits per heavy atom. The second kappa shape index (κ2) is 7.60. The van der Waals surface area contributed by atoms with E-state index in [4.69, 9.17) is 5.73 Å². The molecule has 0 aliphatic heterocycles. The highest BCUT2D eigenvalue weighted by atomic mass is 32.2. The summed E-state index contributed by atoms with van der Waals surface area (Å²) in [4.78, 5) is 0.250. The van der Waals surface area contributed by atoms with E-state index in [0.29, 0.717) is 18.0 Å². The topological polar surface area (TPSA) is 63.4 Å². The lowest BCUT2D eigenvalue weighted by atomic mass is 10.1. The third kappa shape index (κ3) is 4.57. The van der Waals surface area contributed by atoms with Crippen LogP contribution in [0.15, 0.2) is 23.1 Å². The molecular formula is C16H24N2O2S. The highest BCUT2D eigenvalue weighted by Crippen LogP contribution is 2.21. The van der Waals surface area contributed by atoms with E-state index in [9.17, 15) is 8.42 Å². The van der Waals surface area contributed by atoms with Crippen molar-refractivity contribution in [2.24, 2.45) is 11.7 Å². The SMILES string of the molecule is CCC(C)CN(C)S(=O)(=O)c1ccc(C)cc1C#CCN. The molecule has 0 aliphatic rings. The van der Waals surface area contributed by atoms with Crippen LogP contribution in [0.3, 0.4) is 0 Å². The molecule has 0 spiro atoms. The van der Waals surface area contributed by atoms with Gasteiger partial charge < -0.3 is 5.73 Å². The molecule has 0 amide bonds. The smallest absolute Gasteiger partial charge is 0.244 e. The Balaban J connectivity index is 3.24. The molecule has 0 bridgehead atoms. The van der Waals surface area contributed by atoms with Gasteiger partial charge in [-0.25, -0.2) is 12.7 Å². The van der Waals surface area contributed by atoms with Gasteiger partial charge in [0.1, 0.15) is 0 Å². The first-order valence-corrected chi connectivity index (χ1v) is 8.52.